The molecule has 2 heterocycles. The van der Waals surface area contributed by atoms with Crippen molar-refractivity contribution in [2.75, 3.05) is 13.1 Å². The van der Waals surface area contributed by atoms with Crippen molar-refractivity contribution in [2.45, 2.75) is 13.3 Å². The lowest BCUT2D eigenvalue weighted by molar-refractivity contribution is -0.132. The van der Waals surface area contributed by atoms with Gasteiger partial charge in [-0.1, -0.05) is 35.9 Å². The molecule has 142 valence electrons. The van der Waals surface area contributed by atoms with Gasteiger partial charge in [-0.05, 0) is 30.7 Å². The van der Waals surface area contributed by atoms with Crippen molar-refractivity contribution in [2.24, 2.45) is 0 Å². The number of ether oxygens (including phenoxy) is 1. The predicted octanol–water partition coefficient (Wildman–Crippen LogP) is 3.96. The van der Waals surface area contributed by atoms with E-state index in [9.17, 15) is 9.59 Å². The Morgan fingerprint density at radius 2 is 1.79 bits per heavy atom. The number of carbonyl (C=O) groups excluding carboxylic acids is 2. The quantitative estimate of drug-likeness (QED) is 0.627. The van der Waals surface area contributed by atoms with Gasteiger partial charge in [0, 0.05) is 37.2 Å². The molecule has 2 aromatic carbocycles. The van der Waals surface area contributed by atoms with Crippen LogP contribution in [0, 0.1) is 0 Å². The second-order valence-electron chi connectivity index (χ2n) is 6.55. The van der Waals surface area contributed by atoms with E-state index in [0.29, 0.717) is 22.0 Å². The van der Waals surface area contributed by atoms with Crippen molar-refractivity contribution in [3.63, 3.8) is 0 Å². The lowest BCUT2D eigenvalue weighted by Gasteiger charge is -2.30. The summed E-state index contributed by atoms with van der Waals surface area (Å²) in [6.07, 6.45) is 1.06. The number of nitrogens with zero attached hydrogens (tertiary/aromatic N) is 3. The average molecular weight is 396 g/mol. The van der Waals surface area contributed by atoms with Gasteiger partial charge >= 0.3 is 5.97 Å². The van der Waals surface area contributed by atoms with Gasteiger partial charge < -0.3 is 9.64 Å². The first kappa shape index (κ1) is 18.3. The van der Waals surface area contributed by atoms with Crippen molar-refractivity contribution in [3.8, 4) is 22.8 Å². The van der Waals surface area contributed by atoms with Crippen LogP contribution in [-0.4, -0.2) is 39.6 Å². The normalized spacial score (nSPS) is 13.1. The maximum atomic E-state index is 12.4. The summed E-state index contributed by atoms with van der Waals surface area (Å²) in [6.45, 7) is 2.95. The van der Waals surface area contributed by atoms with Crippen molar-refractivity contribution < 1.29 is 14.3 Å². The Bertz CT molecular complexity index is 1040. The Kier molecular flexibility index (Phi) is 4.88. The molecule has 0 aliphatic carbocycles. The second kappa shape index (κ2) is 7.48. The van der Waals surface area contributed by atoms with Gasteiger partial charge in [-0.3, -0.25) is 9.59 Å². The highest BCUT2D eigenvalue weighted by molar-refractivity contribution is 6.32. The van der Waals surface area contributed by atoms with E-state index in [1.165, 1.54) is 6.92 Å². The van der Waals surface area contributed by atoms with Crippen molar-refractivity contribution in [1.29, 1.82) is 0 Å². The van der Waals surface area contributed by atoms with E-state index in [2.05, 4.69) is 5.10 Å². The van der Waals surface area contributed by atoms with Crippen LogP contribution in [0.25, 0.3) is 16.9 Å². The number of aromatic nitrogens is 2. The van der Waals surface area contributed by atoms with Crippen LogP contribution < -0.4 is 4.74 Å². The minimum absolute atomic E-state index is 0.0398. The fourth-order valence-corrected chi connectivity index (χ4v) is 3.27. The number of likely N-dealkylation sites (tertiary alicyclic amines) is 1. The standard InChI is InChI=1S/C21H18ClN3O3/c1-14(26)28-20-13-19(25(23-20)18-6-3-2-5-17(18)22)15-7-9-16(10-8-15)21(27)24-11-4-12-24/h2-3,5-10,13H,4,11-12H2,1H3. The summed E-state index contributed by atoms with van der Waals surface area (Å²) in [5.74, 6) is -0.230. The Hall–Kier alpha value is -3.12. The summed E-state index contributed by atoms with van der Waals surface area (Å²) in [6, 6.07) is 16.3. The molecular formula is C21H18ClN3O3. The minimum atomic E-state index is -0.453. The number of hydrogen-bond donors (Lipinski definition) is 0. The molecule has 28 heavy (non-hydrogen) atoms. The maximum absolute atomic E-state index is 12.4. The van der Waals surface area contributed by atoms with Gasteiger partial charge in [0.05, 0.1) is 16.4 Å². The molecule has 1 saturated heterocycles. The zero-order valence-corrected chi connectivity index (χ0v) is 16.0. The Labute approximate surface area is 167 Å². The number of esters is 1. The molecule has 6 nitrogen and oxygen atoms in total. The minimum Gasteiger partial charge on any atom is -0.406 e. The molecule has 0 radical (unpaired) electrons. The van der Waals surface area contributed by atoms with Crippen LogP contribution in [0.1, 0.15) is 23.7 Å². The SMILES string of the molecule is CC(=O)Oc1cc(-c2ccc(C(=O)N3CCC3)cc2)n(-c2ccccc2Cl)n1. The van der Waals surface area contributed by atoms with Crippen LogP contribution in [0.15, 0.2) is 54.6 Å². The van der Waals surface area contributed by atoms with E-state index < -0.39 is 5.97 Å². The molecule has 1 aromatic heterocycles. The molecule has 1 fully saturated rings. The largest absolute Gasteiger partial charge is 0.406 e. The highest BCUT2D eigenvalue weighted by Crippen LogP contribution is 2.30. The summed E-state index contributed by atoms with van der Waals surface area (Å²) in [7, 11) is 0. The van der Waals surface area contributed by atoms with E-state index in [1.807, 2.05) is 35.2 Å². The molecule has 0 spiro atoms. The molecule has 3 aromatic rings. The fraction of sp³-hybridized carbons (Fsp3) is 0.190. The Balaban J connectivity index is 1.73. The number of rotatable bonds is 4. The molecule has 1 amide bonds. The van der Waals surface area contributed by atoms with Crippen LogP contribution in [0.5, 0.6) is 5.88 Å². The van der Waals surface area contributed by atoms with Gasteiger partial charge in [0.2, 0.25) is 5.88 Å². The maximum Gasteiger partial charge on any atom is 0.309 e. The zero-order chi connectivity index (χ0) is 19.7. The second-order valence-corrected chi connectivity index (χ2v) is 6.95. The van der Waals surface area contributed by atoms with Crippen LogP contribution in [-0.2, 0) is 4.79 Å². The highest BCUT2D eigenvalue weighted by atomic mass is 35.5. The highest BCUT2D eigenvalue weighted by Gasteiger charge is 2.22. The van der Waals surface area contributed by atoms with Gasteiger partial charge in [0.1, 0.15) is 0 Å². The Morgan fingerprint density at radius 3 is 2.39 bits per heavy atom. The topological polar surface area (TPSA) is 64.4 Å². The molecular weight excluding hydrogens is 378 g/mol. The number of para-hydroxylation sites is 1. The van der Waals surface area contributed by atoms with Crippen molar-refractivity contribution >= 4 is 23.5 Å². The first-order valence-corrected chi connectivity index (χ1v) is 9.34. The molecule has 0 atom stereocenters. The van der Waals surface area contributed by atoms with Crippen LogP contribution in [0.4, 0.5) is 0 Å². The van der Waals surface area contributed by atoms with Crippen LogP contribution >= 0.6 is 11.6 Å². The third kappa shape index (κ3) is 3.51. The third-order valence-electron chi connectivity index (χ3n) is 4.59. The molecule has 0 N–H and O–H groups in total. The Morgan fingerprint density at radius 1 is 1.07 bits per heavy atom. The summed E-state index contributed by atoms with van der Waals surface area (Å²) >= 11 is 6.34. The van der Waals surface area contributed by atoms with E-state index >= 15 is 0 Å². The predicted molar refractivity (Wildman–Crippen MR) is 106 cm³/mol. The van der Waals surface area contributed by atoms with E-state index in [-0.39, 0.29) is 11.8 Å². The molecule has 1 aliphatic rings. The third-order valence-corrected chi connectivity index (χ3v) is 4.91. The van der Waals surface area contributed by atoms with Gasteiger partial charge in [-0.2, -0.15) is 0 Å². The number of benzene rings is 2. The van der Waals surface area contributed by atoms with Gasteiger partial charge in [-0.25, -0.2) is 4.68 Å². The summed E-state index contributed by atoms with van der Waals surface area (Å²) in [5, 5.41) is 4.90. The van der Waals surface area contributed by atoms with Gasteiger partial charge in [-0.15, -0.1) is 5.10 Å². The van der Waals surface area contributed by atoms with Crippen molar-refractivity contribution in [1.82, 2.24) is 14.7 Å². The van der Waals surface area contributed by atoms with E-state index in [4.69, 9.17) is 16.3 Å². The number of hydrogen-bond acceptors (Lipinski definition) is 4. The monoisotopic (exact) mass is 395 g/mol. The molecule has 0 bridgehead atoms. The summed E-state index contributed by atoms with van der Waals surface area (Å²) in [4.78, 5) is 25.5. The molecule has 7 heteroatoms. The number of carbonyl (C=O) groups is 2. The van der Waals surface area contributed by atoms with E-state index in [0.717, 1.165) is 25.1 Å². The number of amides is 1. The smallest absolute Gasteiger partial charge is 0.309 e. The average Bonchev–Trinajstić information content (AvgIpc) is 3.03. The van der Waals surface area contributed by atoms with Crippen LogP contribution in [0.3, 0.4) is 0 Å². The molecule has 1 aliphatic heterocycles. The summed E-state index contributed by atoms with van der Waals surface area (Å²) < 4.78 is 6.79. The van der Waals surface area contributed by atoms with E-state index in [1.54, 1.807) is 28.9 Å². The first-order chi connectivity index (χ1) is 13.5. The molecule has 0 unspecified atom stereocenters. The summed E-state index contributed by atoms with van der Waals surface area (Å²) in [5.41, 5.74) is 2.84. The number of halogens is 1. The molecule has 0 saturated carbocycles. The fourth-order valence-electron chi connectivity index (χ4n) is 3.05. The van der Waals surface area contributed by atoms with Gasteiger partial charge in [0.25, 0.3) is 5.91 Å². The lowest BCUT2D eigenvalue weighted by Crippen LogP contribution is -2.41. The zero-order valence-electron chi connectivity index (χ0n) is 15.3. The van der Waals surface area contributed by atoms with Crippen LogP contribution in [0.2, 0.25) is 5.02 Å². The van der Waals surface area contributed by atoms with Gasteiger partial charge in [0.15, 0.2) is 0 Å². The lowest BCUT2D eigenvalue weighted by atomic mass is 10.1. The molecule has 4 rings (SSSR count). The first-order valence-electron chi connectivity index (χ1n) is 8.96. The van der Waals surface area contributed by atoms with Crippen molar-refractivity contribution in [3.05, 3.63) is 65.2 Å².